The number of hydrogen-bond donors (Lipinski definition) is 0. The molecule has 5 nitrogen and oxygen atoms in total. The molecule has 0 spiro atoms. The van der Waals surface area contributed by atoms with Crippen molar-refractivity contribution in [3.63, 3.8) is 0 Å². The minimum atomic E-state index is -0.261. The van der Waals surface area contributed by atoms with E-state index in [0.717, 1.165) is 19.3 Å². The van der Waals surface area contributed by atoms with Crippen LogP contribution in [0, 0.1) is 0 Å². The fourth-order valence-corrected chi connectivity index (χ4v) is 2.42. The van der Waals surface area contributed by atoms with Crippen LogP contribution in [0.2, 0.25) is 0 Å². The van der Waals surface area contributed by atoms with Crippen molar-refractivity contribution in [2.45, 2.75) is 64.6 Å². The third-order valence-electron chi connectivity index (χ3n) is 3.64. The number of ether oxygens (including phenoxy) is 4. The molecule has 1 aliphatic rings. The molecule has 0 fully saturated rings. The highest BCUT2D eigenvalue weighted by molar-refractivity contribution is 5.91. The average molecular weight is 314 g/mol. The van der Waals surface area contributed by atoms with Gasteiger partial charge >= 0.3 is 5.97 Å². The van der Waals surface area contributed by atoms with Gasteiger partial charge in [-0.3, -0.25) is 0 Å². The molecule has 0 bridgehead atoms. The summed E-state index contributed by atoms with van der Waals surface area (Å²) in [7, 11) is 1.63. The summed E-state index contributed by atoms with van der Waals surface area (Å²) in [5.74, 6) is -0.261. The Morgan fingerprint density at radius 1 is 1.23 bits per heavy atom. The summed E-state index contributed by atoms with van der Waals surface area (Å²) in [4.78, 5) is 11.9. The molecule has 0 saturated carbocycles. The molecular weight excluding hydrogens is 284 g/mol. The molecule has 0 amide bonds. The number of methoxy groups -OCH3 is 1. The Hall–Kier alpha value is -0.910. The van der Waals surface area contributed by atoms with Gasteiger partial charge in [0, 0.05) is 7.11 Å². The summed E-state index contributed by atoms with van der Waals surface area (Å²) in [6.45, 7) is 5.25. The predicted molar refractivity (Wildman–Crippen MR) is 84.6 cm³/mol. The van der Waals surface area contributed by atoms with Crippen molar-refractivity contribution < 1.29 is 23.7 Å². The lowest BCUT2D eigenvalue weighted by molar-refractivity contribution is -0.142. The molecule has 1 heterocycles. The van der Waals surface area contributed by atoms with E-state index in [2.05, 4.69) is 6.92 Å². The third kappa shape index (κ3) is 7.38. The van der Waals surface area contributed by atoms with Crippen LogP contribution in [0.3, 0.4) is 0 Å². The zero-order chi connectivity index (χ0) is 16.2. The van der Waals surface area contributed by atoms with Gasteiger partial charge in [-0.2, -0.15) is 0 Å². The van der Waals surface area contributed by atoms with Crippen molar-refractivity contribution in [3.8, 4) is 0 Å². The highest BCUT2D eigenvalue weighted by atomic mass is 16.7. The lowest BCUT2D eigenvalue weighted by atomic mass is 10.0. The molecule has 22 heavy (non-hydrogen) atoms. The Kier molecular flexibility index (Phi) is 10.1. The van der Waals surface area contributed by atoms with Gasteiger partial charge in [0.25, 0.3) is 0 Å². The van der Waals surface area contributed by atoms with Gasteiger partial charge in [-0.1, -0.05) is 39.0 Å². The fourth-order valence-electron chi connectivity index (χ4n) is 2.42. The first-order chi connectivity index (χ1) is 10.7. The molecule has 0 aromatic heterocycles. The maximum atomic E-state index is 11.9. The summed E-state index contributed by atoms with van der Waals surface area (Å²) in [6.07, 6.45) is 8.20. The fraction of sp³-hybridized carbons (Fsp3) is 0.824. The van der Waals surface area contributed by atoms with E-state index >= 15 is 0 Å². The van der Waals surface area contributed by atoms with Crippen LogP contribution in [-0.2, 0) is 23.7 Å². The van der Waals surface area contributed by atoms with Crippen molar-refractivity contribution in [1.29, 1.82) is 0 Å². The molecule has 0 N–H and O–H groups in total. The van der Waals surface area contributed by atoms with Crippen LogP contribution < -0.4 is 0 Å². The van der Waals surface area contributed by atoms with Crippen LogP contribution in [0.15, 0.2) is 11.6 Å². The summed E-state index contributed by atoms with van der Waals surface area (Å²) in [5.41, 5.74) is 0.637. The molecule has 0 radical (unpaired) electrons. The van der Waals surface area contributed by atoms with Crippen LogP contribution in [0.25, 0.3) is 0 Å². The van der Waals surface area contributed by atoms with E-state index in [0.29, 0.717) is 18.8 Å². The van der Waals surface area contributed by atoms with Gasteiger partial charge in [0.2, 0.25) is 0 Å². The molecule has 1 aliphatic heterocycles. The van der Waals surface area contributed by atoms with E-state index < -0.39 is 0 Å². The topological polar surface area (TPSA) is 54.0 Å². The largest absolute Gasteiger partial charge is 0.455 e. The van der Waals surface area contributed by atoms with Crippen molar-refractivity contribution in [3.05, 3.63) is 11.6 Å². The third-order valence-corrected chi connectivity index (χ3v) is 3.64. The van der Waals surface area contributed by atoms with Crippen molar-refractivity contribution in [2.75, 3.05) is 27.1 Å². The number of carbonyl (C=O) groups is 1. The van der Waals surface area contributed by atoms with Crippen LogP contribution in [0.4, 0.5) is 0 Å². The number of unbranched alkanes of at least 4 members (excludes halogenated alkanes) is 4. The maximum Gasteiger partial charge on any atom is 0.337 e. The summed E-state index contributed by atoms with van der Waals surface area (Å²) in [5, 5.41) is 0. The molecule has 0 aliphatic carbocycles. The zero-order valence-corrected chi connectivity index (χ0v) is 14.1. The van der Waals surface area contributed by atoms with E-state index in [1.807, 2.05) is 13.0 Å². The predicted octanol–water partition coefficient (Wildman–Crippen LogP) is 3.22. The molecule has 2 atom stereocenters. The highest BCUT2D eigenvalue weighted by Crippen LogP contribution is 2.23. The first-order valence-electron chi connectivity index (χ1n) is 8.30. The Morgan fingerprint density at radius 3 is 2.64 bits per heavy atom. The first-order valence-corrected chi connectivity index (χ1v) is 8.30. The van der Waals surface area contributed by atoms with E-state index in [-0.39, 0.29) is 25.0 Å². The van der Waals surface area contributed by atoms with E-state index in [4.69, 9.17) is 18.9 Å². The minimum absolute atomic E-state index is 0.164. The van der Waals surface area contributed by atoms with Gasteiger partial charge in [0.15, 0.2) is 0 Å². The quantitative estimate of drug-likeness (QED) is 0.297. The Bertz CT molecular complexity index is 326. The molecule has 0 aromatic rings. The number of hydrogen-bond acceptors (Lipinski definition) is 5. The Labute approximate surface area is 133 Å². The lowest BCUT2D eigenvalue weighted by Crippen LogP contribution is -2.22. The second-order valence-corrected chi connectivity index (χ2v) is 5.61. The zero-order valence-electron chi connectivity index (χ0n) is 14.1. The number of carbonyl (C=O) groups excluding carboxylic acids is 1. The van der Waals surface area contributed by atoms with Crippen LogP contribution in [0.5, 0.6) is 0 Å². The van der Waals surface area contributed by atoms with Crippen LogP contribution in [0.1, 0.15) is 52.4 Å². The average Bonchev–Trinajstić information content (AvgIpc) is 2.83. The van der Waals surface area contributed by atoms with Gasteiger partial charge < -0.3 is 18.9 Å². The molecular formula is C17H30O5. The summed E-state index contributed by atoms with van der Waals surface area (Å²) >= 11 is 0. The van der Waals surface area contributed by atoms with E-state index in [9.17, 15) is 4.79 Å². The van der Waals surface area contributed by atoms with Gasteiger partial charge in [-0.25, -0.2) is 4.79 Å². The number of esters is 1. The molecule has 1 rings (SSSR count). The van der Waals surface area contributed by atoms with E-state index in [1.165, 1.54) is 19.3 Å². The molecule has 0 unspecified atom stereocenters. The van der Waals surface area contributed by atoms with E-state index in [1.54, 1.807) is 7.11 Å². The molecule has 0 saturated heterocycles. The second-order valence-electron chi connectivity index (χ2n) is 5.61. The smallest absolute Gasteiger partial charge is 0.337 e. The summed E-state index contributed by atoms with van der Waals surface area (Å²) in [6, 6.07) is 0. The SMILES string of the molecule is CCCCCCC[C@H](OCOCCOC)C1=C[C@@H](C)OC1=O. The van der Waals surface area contributed by atoms with Crippen molar-refractivity contribution in [1.82, 2.24) is 0 Å². The normalized spacial score (nSPS) is 19.1. The van der Waals surface area contributed by atoms with Crippen molar-refractivity contribution >= 4 is 5.97 Å². The van der Waals surface area contributed by atoms with Gasteiger partial charge in [0.1, 0.15) is 12.9 Å². The highest BCUT2D eigenvalue weighted by Gasteiger charge is 2.29. The Balaban J connectivity index is 2.39. The second kappa shape index (κ2) is 11.6. The minimum Gasteiger partial charge on any atom is -0.455 e. The van der Waals surface area contributed by atoms with Gasteiger partial charge in [0.05, 0.1) is 24.9 Å². The standard InChI is InChI=1S/C17H30O5/c1-4-5-6-7-8-9-16(21-13-20-11-10-19-3)15-12-14(2)22-17(15)18/h12,14,16H,4-11,13H2,1-3H3/t14-,16+/m1/s1. The van der Waals surface area contributed by atoms with Crippen molar-refractivity contribution in [2.24, 2.45) is 0 Å². The van der Waals surface area contributed by atoms with Crippen LogP contribution >= 0.6 is 0 Å². The lowest BCUT2D eigenvalue weighted by Gasteiger charge is -2.17. The molecule has 5 heteroatoms. The molecule has 0 aromatic carbocycles. The molecule has 128 valence electrons. The van der Waals surface area contributed by atoms with Gasteiger partial charge in [-0.05, 0) is 19.4 Å². The summed E-state index contributed by atoms with van der Waals surface area (Å²) < 4.78 is 21.2. The van der Waals surface area contributed by atoms with Crippen LogP contribution in [-0.4, -0.2) is 45.3 Å². The number of cyclic esters (lactones) is 1. The monoisotopic (exact) mass is 314 g/mol. The van der Waals surface area contributed by atoms with Gasteiger partial charge in [-0.15, -0.1) is 0 Å². The number of rotatable bonds is 13. The first kappa shape index (κ1) is 19.1. The maximum absolute atomic E-state index is 11.9. The Morgan fingerprint density at radius 2 is 2.00 bits per heavy atom.